The van der Waals surface area contributed by atoms with E-state index in [1.165, 1.54) is 14.2 Å². The van der Waals surface area contributed by atoms with Crippen LogP contribution in [0.4, 0.5) is 11.4 Å². The van der Waals surface area contributed by atoms with Gasteiger partial charge >= 0.3 is 0 Å². The fraction of sp³-hybridized carbons (Fsp3) is 0.188. The number of hydrogen-bond donors (Lipinski definition) is 2. The van der Waals surface area contributed by atoms with E-state index in [1.807, 2.05) is 0 Å². The Kier molecular flexibility index (Phi) is 4.73. The highest BCUT2D eigenvalue weighted by atomic mass is 16.5. The van der Waals surface area contributed by atoms with E-state index >= 15 is 0 Å². The smallest absolute Gasteiger partial charge is 0.255 e. The Morgan fingerprint density at radius 1 is 0.955 bits per heavy atom. The molecule has 0 radical (unpaired) electrons. The first-order valence-electron chi connectivity index (χ1n) is 6.56. The van der Waals surface area contributed by atoms with Crippen molar-refractivity contribution >= 4 is 17.3 Å². The van der Waals surface area contributed by atoms with Crippen LogP contribution in [0.3, 0.4) is 0 Å². The van der Waals surface area contributed by atoms with Gasteiger partial charge in [0.05, 0.1) is 32.7 Å². The zero-order chi connectivity index (χ0) is 16.1. The number of anilines is 2. The Morgan fingerprint density at radius 3 is 2.27 bits per heavy atom. The standard InChI is InChI=1S/C16H18N2O4/c1-20-11-5-6-13(12(17)9-11)18-16(19)10-4-7-14(21-2)15(8-10)22-3/h4-9H,17H2,1-3H3,(H,18,19). The predicted molar refractivity (Wildman–Crippen MR) is 84.9 cm³/mol. The summed E-state index contributed by atoms with van der Waals surface area (Å²) in [5, 5.41) is 2.75. The molecule has 0 saturated heterocycles. The van der Waals surface area contributed by atoms with Gasteiger partial charge in [-0.2, -0.15) is 0 Å². The monoisotopic (exact) mass is 302 g/mol. The number of nitrogens with two attached hydrogens (primary N) is 1. The van der Waals surface area contributed by atoms with Gasteiger partial charge in [0.15, 0.2) is 11.5 Å². The van der Waals surface area contributed by atoms with Gasteiger partial charge in [0.1, 0.15) is 5.75 Å². The summed E-state index contributed by atoms with van der Waals surface area (Å²) in [6.45, 7) is 0. The summed E-state index contributed by atoms with van der Waals surface area (Å²) in [5.74, 6) is 1.38. The molecule has 2 aromatic rings. The fourth-order valence-corrected chi connectivity index (χ4v) is 1.95. The van der Waals surface area contributed by atoms with E-state index < -0.39 is 0 Å². The molecule has 0 aliphatic carbocycles. The van der Waals surface area contributed by atoms with Crippen LogP contribution in [0.1, 0.15) is 10.4 Å². The van der Waals surface area contributed by atoms with Gasteiger partial charge in [0, 0.05) is 11.6 Å². The minimum Gasteiger partial charge on any atom is -0.497 e. The number of rotatable bonds is 5. The highest BCUT2D eigenvalue weighted by molar-refractivity contribution is 6.06. The largest absolute Gasteiger partial charge is 0.497 e. The first kappa shape index (κ1) is 15.5. The normalized spacial score (nSPS) is 9.95. The molecule has 116 valence electrons. The first-order chi connectivity index (χ1) is 10.6. The first-order valence-corrected chi connectivity index (χ1v) is 6.56. The molecule has 2 rings (SSSR count). The molecule has 0 aliphatic rings. The van der Waals surface area contributed by atoms with Gasteiger partial charge in [0.2, 0.25) is 0 Å². The molecular weight excluding hydrogens is 284 g/mol. The maximum atomic E-state index is 12.3. The van der Waals surface area contributed by atoms with Crippen molar-refractivity contribution in [2.24, 2.45) is 0 Å². The van der Waals surface area contributed by atoms with Gasteiger partial charge in [-0.15, -0.1) is 0 Å². The van der Waals surface area contributed by atoms with Crippen LogP contribution >= 0.6 is 0 Å². The number of nitrogens with one attached hydrogen (secondary N) is 1. The van der Waals surface area contributed by atoms with Crippen molar-refractivity contribution in [3.05, 3.63) is 42.0 Å². The molecule has 0 aliphatic heterocycles. The molecule has 0 bridgehead atoms. The minimum atomic E-state index is -0.294. The second-order valence-corrected chi connectivity index (χ2v) is 4.48. The van der Waals surface area contributed by atoms with Crippen molar-refractivity contribution in [2.45, 2.75) is 0 Å². The van der Waals surface area contributed by atoms with Gasteiger partial charge in [0.25, 0.3) is 5.91 Å². The Bertz CT molecular complexity index is 686. The third-order valence-corrected chi connectivity index (χ3v) is 3.15. The van der Waals surface area contributed by atoms with E-state index in [9.17, 15) is 4.79 Å². The Hall–Kier alpha value is -2.89. The van der Waals surface area contributed by atoms with E-state index in [1.54, 1.807) is 43.5 Å². The molecule has 22 heavy (non-hydrogen) atoms. The van der Waals surface area contributed by atoms with Crippen molar-refractivity contribution in [3.63, 3.8) is 0 Å². The van der Waals surface area contributed by atoms with Crippen LogP contribution in [0.25, 0.3) is 0 Å². The quantitative estimate of drug-likeness (QED) is 0.829. The molecule has 0 aromatic heterocycles. The molecule has 0 heterocycles. The van der Waals surface area contributed by atoms with E-state index in [-0.39, 0.29) is 5.91 Å². The third-order valence-electron chi connectivity index (χ3n) is 3.15. The SMILES string of the molecule is COc1ccc(NC(=O)c2ccc(OC)c(OC)c2)c(N)c1. The molecule has 0 spiro atoms. The average molecular weight is 302 g/mol. The Labute approximate surface area is 128 Å². The summed E-state index contributed by atoms with van der Waals surface area (Å²) in [4.78, 5) is 12.3. The molecule has 3 N–H and O–H groups in total. The van der Waals surface area contributed by atoms with Crippen LogP contribution < -0.4 is 25.3 Å². The van der Waals surface area contributed by atoms with Crippen molar-refractivity contribution in [3.8, 4) is 17.2 Å². The lowest BCUT2D eigenvalue weighted by Gasteiger charge is -2.11. The predicted octanol–water partition coefficient (Wildman–Crippen LogP) is 2.55. The number of methoxy groups -OCH3 is 3. The fourth-order valence-electron chi connectivity index (χ4n) is 1.95. The van der Waals surface area contributed by atoms with Gasteiger partial charge in [-0.1, -0.05) is 0 Å². The van der Waals surface area contributed by atoms with E-state index in [0.717, 1.165) is 0 Å². The number of benzene rings is 2. The number of carbonyl (C=O) groups excluding carboxylic acids is 1. The molecule has 0 fully saturated rings. The van der Waals surface area contributed by atoms with Crippen LogP contribution in [0, 0.1) is 0 Å². The van der Waals surface area contributed by atoms with E-state index in [0.29, 0.717) is 34.2 Å². The topological polar surface area (TPSA) is 82.8 Å². The van der Waals surface area contributed by atoms with E-state index in [2.05, 4.69) is 5.32 Å². The van der Waals surface area contributed by atoms with Crippen molar-refractivity contribution in [1.82, 2.24) is 0 Å². The van der Waals surface area contributed by atoms with Crippen molar-refractivity contribution in [1.29, 1.82) is 0 Å². The molecule has 0 saturated carbocycles. The number of amides is 1. The molecule has 0 atom stereocenters. The molecular formula is C16H18N2O4. The lowest BCUT2D eigenvalue weighted by molar-refractivity contribution is 0.102. The number of hydrogen-bond acceptors (Lipinski definition) is 5. The molecule has 1 amide bonds. The lowest BCUT2D eigenvalue weighted by atomic mass is 10.1. The van der Waals surface area contributed by atoms with Gasteiger partial charge < -0.3 is 25.3 Å². The summed E-state index contributed by atoms with van der Waals surface area (Å²) in [6.07, 6.45) is 0. The summed E-state index contributed by atoms with van der Waals surface area (Å²) in [6, 6.07) is 9.98. The molecule has 6 heteroatoms. The highest BCUT2D eigenvalue weighted by Crippen LogP contribution is 2.29. The van der Waals surface area contributed by atoms with E-state index in [4.69, 9.17) is 19.9 Å². The maximum absolute atomic E-state index is 12.3. The summed E-state index contributed by atoms with van der Waals surface area (Å²) >= 11 is 0. The molecule has 0 unspecified atom stereocenters. The van der Waals surface area contributed by atoms with Crippen LogP contribution in [-0.2, 0) is 0 Å². The number of carbonyl (C=O) groups is 1. The summed E-state index contributed by atoms with van der Waals surface area (Å²) in [7, 11) is 4.60. The third kappa shape index (κ3) is 3.22. The average Bonchev–Trinajstić information content (AvgIpc) is 2.55. The van der Waals surface area contributed by atoms with Crippen molar-refractivity contribution in [2.75, 3.05) is 32.4 Å². The molecule has 2 aromatic carbocycles. The second kappa shape index (κ2) is 6.71. The minimum absolute atomic E-state index is 0.294. The highest BCUT2D eigenvalue weighted by Gasteiger charge is 2.12. The second-order valence-electron chi connectivity index (χ2n) is 4.48. The summed E-state index contributed by atoms with van der Waals surface area (Å²) in [5.41, 5.74) is 7.26. The van der Waals surface area contributed by atoms with Crippen LogP contribution in [0.15, 0.2) is 36.4 Å². The van der Waals surface area contributed by atoms with Crippen LogP contribution in [0.5, 0.6) is 17.2 Å². The van der Waals surface area contributed by atoms with Crippen LogP contribution in [0.2, 0.25) is 0 Å². The van der Waals surface area contributed by atoms with Gasteiger partial charge in [-0.3, -0.25) is 4.79 Å². The van der Waals surface area contributed by atoms with Gasteiger partial charge in [-0.25, -0.2) is 0 Å². The Morgan fingerprint density at radius 2 is 1.68 bits per heavy atom. The zero-order valence-electron chi connectivity index (χ0n) is 12.7. The van der Waals surface area contributed by atoms with Crippen LogP contribution in [-0.4, -0.2) is 27.2 Å². The summed E-state index contributed by atoms with van der Waals surface area (Å²) < 4.78 is 15.4. The maximum Gasteiger partial charge on any atom is 0.255 e. The van der Waals surface area contributed by atoms with Crippen molar-refractivity contribution < 1.29 is 19.0 Å². The lowest BCUT2D eigenvalue weighted by Crippen LogP contribution is -2.13. The Balaban J connectivity index is 2.22. The number of nitrogen functional groups attached to an aromatic ring is 1. The number of ether oxygens (including phenoxy) is 3. The van der Waals surface area contributed by atoms with Gasteiger partial charge in [-0.05, 0) is 30.3 Å². The zero-order valence-corrected chi connectivity index (χ0v) is 12.7. The molecule has 6 nitrogen and oxygen atoms in total.